The number of rotatable bonds is 9. The Morgan fingerprint density at radius 2 is 2.12 bits per heavy atom. The molecule has 1 aliphatic rings. The van der Waals surface area contributed by atoms with Crippen molar-refractivity contribution in [3.05, 3.63) is 35.9 Å². The van der Waals surface area contributed by atoms with Crippen LogP contribution in [0.25, 0.3) is 0 Å². The molecule has 1 saturated heterocycles. The van der Waals surface area contributed by atoms with Crippen LogP contribution in [0.15, 0.2) is 30.3 Å². The number of nitrogens with one attached hydrogen (secondary N) is 1. The van der Waals surface area contributed by atoms with E-state index < -0.39 is 12.0 Å². The van der Waals surface area contributed by atoms with Gasteiger partial charge in [-0.05, 0) is 12.0 Å². The summed E-state index contributed by atoms with van der Waals surface area (Å²) < 4.78 is 5.69. The van der Waals surface area contributed by atoms with Gasteiger partial charge in [0.05, 0.1) is 19.1 Å². The molecule has 2 rings (SSSR count). The highest BCUT2D eigenvalue weighted by atomic mass is 16.5. The first kappa shape index (κ1) is 19.4. The number of carbonyl (C=O) groups is 2. The average Bonchev–Trinajstić information content (AvgIpc) is 2.59. The first-order chi connectivity index (χ1) is 12.1. The van der Waals surface area contributed by atoms with Gasteiger partial charge in [-0.1, -0.05) is 50.1 Å². The molecule has 0 aromatic heterocycles. The number of morpholine rings is 1. The maximum atomic E-state index is 12.2. The fourth-order valence-electron chi connectivity index (χ4n) is 3.01. The zero-order valence-corrected chi connectivity index (χ0v) is 14.8. The minimum atomic E-state index is -0.975. The van der Waals surface area contributed by atoms with Crippen molar-refractivity contribution in [2.75, 3.05) is 19.7 Å². The molecular weight excluding hydrogens is 320 g/mol. The normalized spacial score (nSPS) is 19.3. The summed E-state index contributed by atoms with van der Waals surface area (Å²) in [6.07, 6.45) is 2.14. The number of benzene rings is 1. The maximum Gasteiger partial charge on any atom is 0.326 e. The second-order valence-electron chi connectivity index (χ2n) is 6.52. The van der Waals surface area contributed by atoms with E-state index in [2.05, 4.69) is 22.3 Å². The van der Waals surface area contributed by atoms with Gasteiger partial charge < -0.3 is 15.2 Å². The first-order valence-electron chi connectivity index (χ1n) is 8.98. The lowest BCUT2D eigenvalue weighted by Gasteiger charge is -2.32. The van der Waals surface area contributed by atoms with Crippen LogP contribution >= 0.6 is 0 Å². The molecule has 1 aromatic rings. The fraction of sp³-hybridized carbons (Fsp3) is 0.579. The van der Waals surface area contributed by atoms with Crippen LogP contribution in [-0.2, 0) is 20.9 Å². The maximum absolute atomic E-state index is 12.2. The van der Waals surface area contributed by atoms with Crippen molar-refractivity contribution < 1.29 is 19.4 Å². The van der Waals surface area contributed by atoms with Gasteiger partial charge in [0, 0.05) is 19.6 Å². The molecule has 0 spiro atoms. The molecule has 0 aliphatic carbocycles. The molecule has 25 heavy (non-hydrogen) atoms. The number of hydrogen-bond donors (Lipinski definition) is 2. The summed E-state index contributed by atoms with van der Waals surface area (Å²) in [6.45, 7) is 4.92. The summed E-state index contributed by atoms with van der Waals surface area (Å²) in [7, 11) is 0. The van der Waals surface area contributed by atoms with E-state index in [4.69, 9.17) is 4.74 Å². The molecular formula is C19H28N2O4. The monoisotopic (exact) mass is 348 g/mol. The van der Waals surface area contributed by atoms with Crippen LogP contribution in [0.4, 0.5) is 0 Å². The number of amides is 1. The number of nitrogens with zero attached hydrogens (tertiary/aromatic N) is 1. The Labute approximate surface area is 149 Å². The van der Waals surface area contributed by atoms with Crippen LogP contribution in [-0.4, -0.2) is 53.7 Å². The van der Waals surface area contributed by atoms with Crippen LogP contribution < -0.4 is 5.32 Å². The summed E-state index contributed by atoms with van der Waals surface area (Å²) in [4.78, 5) is 25.7. The lowest BCUT2D eigenvalue weighted by molar-refractivity contribution is -0.142. The van der Waals surface area contributed by atoms with E-state index in [1.165, 1.54) is 5.56 Å². The molecule has 2 N–H and O–H groups in total. The Kier molecular flexibility index (Phi) is 7.88. The SMILES string of the molecule is CCCCC(NC(=O)CC1CN(Cc2ccccc2)CCO1)C(=O)O. The van der Waals surface area contributed by atoms with Gasteiger partial charge >= 0.3 is 5.97 Å². The first-order valence-corrected chi connectivity index (χ1v) is 8.98. The Bertz CT molecular complexity index is 550. The van der Waals surface area contributed by atoms with E-state index in [-0.39, 0.29) is 18.4 Å². The van der Waals surface area contributed by atoms with Crippen molar-refractivity contribution >= 4 is 11.9 Å². The number of ether oxygens (including phenoxy) is 1. The minimum absolute atomic E-state index is 0.196. The molecule has 138 valence electrons. The predicted molar refractivity (Wildman–Crippen MR) is 95.2 cm³/mol. The average molecular weight is 348 g/mol. The van der Waals surface area contributed by atoms with Crippen molar-refractivity contribution in [3.63, 3.8) is 0 Å². The summed E-state index contributed by atoms with van der Waals surface area (Å²) in [5.41, 5.74) is 1.23. The van der Waals surface area contributed by atoms with Crippen molar-refractivity contribution in [2.45, 2.75) is 51.3 Å². The van der Waals surface area contributed by atoms with Crippen molar-refractivity contribution in [3.8, 4) is 0 Å². The van der Waals surface area contributed by atoms with Crippen molar-refractivity contribution in [1.82, 2.24) is 10.2 Å². The van der Waals surface area contributed by atoms with Gasteiger partial charge in [0.2, 0.25) is 5.91 Å². The van der Waals surface area contributed by atoms with E-state index in [0.29, 0.717) is 19.6 Å². The number of carboxylic acids is 1. The predicted octanol–water partition coefficient (Wildman–Crippen LogP) is 2.04. The van der Waals surface area contributed by atoms with Gasteiger partial charge in [-0.3, -0.25) is 9.69 Å². The number of unbranched alkanes of at least 4 members (excludes halogenated alkanes) is 1. The standard InChI is InChI=1S/C19H28N2O4/c1-2-3-9-17(19(23)24)20-18(22)12-16-14-21(10-11-25-16)13-15-7-5-4-6-8-15/h4-8,16-17H,2-3,9-14H2,1H3,(H,20,22)(H,23,24). The largest absolute Gasteiger partial charge is 0.480 e. The molecule has 2 unspecified atom stereocenters. The lowest BCUT2D eigenvalue weighted by Crippen LogP contribution is -2.46. The molecule has 1 aromatic carbocycles. The Morgan fingerprint density at radius 3 is 2.80 bits per heavy atom. The molecule has 6 heteroatoms. The molecule has 1 fully saturated rings. The Balaban J connectivity index is 1.80. The van der Waals surface area contributed by atoms with E-state index in [1.54, 1.807) is 0 Å². The number of carboxylic acid groups (broad SMARTS) is 1. The van der Waals surface area contributed by atoms with Gasteiger partial charge in [-0.25, -0.2) is 4.79 Å². The highest BCUT2D eigenvalue weighted by Crippen LogP contribution is 2.13. The van der Waals surface area contributed by atoms with Crippen LogP contribution in [0.5, 0.6) is 0 Å². The van der Waals surface area contributed by atoms with E-state index >= 15 is 0 Å². The highest BCUT2D eigenvalue weighted by Gasteiger charge is 2.25. The second-order valence-corrected chi connectivity index (χ2v) is 6.52. The highest BCUT2D eigenvalue weighted by molar-refractivity contribution is 5.83. The van der Waals surface area contributed by atoms with E-state index in [0.717, 1.165) is 25.9 Å². The van der Waals surface area contributed by atoms with Crippen LogP contribution in [0, 0.1) is 0 Å². The van der Waals surface area contributed by atoms with Gasteiger partial charge in [0.25, 0.3) is 0 Å². The molecule has 2 atom stereocenters. The zero-order chi connectivity index (χ0) is 18.1. The molecule has 0 bridgehead atoms. The van der Waals surface area contributed by atoms with Gasteiger partial charge in [0.1, 0.15) is 6.04 Å². The quantitative estimate of drug-likeness (QED) is 0.714. The van der Waals surface area contributed by atoms with E-state index in [1.807, 2.05) is 25.1 Å². The molecule has 0 saturated carbocycles. The summed E-state index contributed by atoms with van der Waals surface area (Å²) in [5.74, 6) is -1.23. The number of carbonyl (C=O) groups excluding carboxylic acids is 1. The molecule has 0 radical (unpaired) electrons. The number of hydrogen-bond acceptors (Lipinski definition) is 4. The fourth-order valence-corrected chi connectivity index (χ4v) is 3.01. The van der Waals surface area contributed by atoms with Crippen molar-refractivity contribution in [1.29, 1.82) is 0 Å². The second kappa shape index (κ2) is 10.2. The van der Waals surface area contributed by atoms with Crippen molar-refractivity contribution in [2.24, 2.45) is 0 Å². The third-order valence-corrected chi connectivity index (χ3v) is 4.36. The third-order valence-electron chi connectivity index (χ3n) is 4.36. The zero-order valence-electron chi connectivity index (χ0n) is 14.8. The topological polar surface area (TPSA) is 78.9 Å². The smallest absolute Gasteiger partial charge is 0.326 e. The molecule has 1 aliphatic heterocycles. The van der Waals surface area contributed by atoms with Crippen LogP contribution in [0.3, 0.4) is 0 Å². The number of aliphatic carboxylic acids is 1. The van der Waals surface area contributed by atoms with Gasteiger partial charge in [-0.15, -0.1) is 0 Å². The van der Waals surface area contributed by atoms with Gasteiger partial charge in [0.15, 0.2) is 0 Å². The van der Waals surface area contributed by atoms with Gasteiger partial charge in [-0.2, -0.15) is 0 Å². The van der Waals surface area contributed by atoms with Crippen LogP contribution in [0.1, 0.15) is 38.2 Å². The van der Waals surface area contributed by atoms with E-state index in [9.17, 15) is 14.7 Å². The van der Waals surface area contributed by atoms with Crippen LogP contribution in [0.2, 0.25) is 0 Å². The summed E-state index contributed by atoms with van der Waals surface area (Å²) >= 11 is 0. The molecule has 1 heterocycles. The summed E-state index contributed by atoms with van der Waals surface area (Å²) in [6, 6.07) is 9.39. The Hall–Kier alpha value is -1.92. The minimum Gasteiger partial charge on any atom is -0.480 e. The Morgan fingerprint density at radius 1 is 1.36 bits per heavy atom. The summed E-state index contributed by atoms with van der Waals surface area (Å²) in [5, 5.41) is 11.8. The molecule has 1 amide bonds. The third kappa shape index (κ3) is 6.84. The lowest BCUT2D eigenvalue weighted by atomic mass is 10.1. The molecule has 6 nitrogen and oxygen atoms in total.